The molecule has 3 rings (SSSR count). The lowest BCUT2D eigenvalue weighted by Gasteiger charge is -2.07. The molecule has 2 N–H and O–H groups in total. The second-order valence-electron chi connectivity index (χ2n) is 4.88. The molecule has 24 heavy (non-hydrogen) atoms. The molecule has 1 heterocycles. The molecule has 3 aromatic rings. The van der Waals surface area contributed by atoms with Crippen molar-refractivity contribution in [3.8, 4) is 0 Å². The number of amides is 1. The topological polar surface area (TPSA) is 66.9 Å². The summed E-state index contributed by atoms with van der Waals surface area (Å²) >= 11 is 5.82. The van der Waals surface area contributed by atoms with Crippen molar-refractivity contribution in [1.82, 2.24) is 9.97 Å². The molecule has 0 radical (unpaired) electrons. The molecule has 120 valence electrons. The maximum atomic E-state index is 12.8. The number of hydrogen-bond donors (Lipinski definition) is 2. The number of aromatic nitrogens is 2. The summed E-state index contributed by atoms with van der Waals surface area (Å²) in [5, 5.41) is 6.30. The van der Waals surface area contributed by atoms with Crippen LogP contribution in [-0.2, 0) is 0 Å². The van der Waals surface area contributed by atoms with Gasteiger partial charge in [-0.25, -0.2) is 14.4 Å². The van der Waals surface area contributed by atoms with E-state index in [1.54, 1.807) is 24.3 Å². The lowest BCUT2D eigenvalue weighted by molar-refractivity contribution is 0.102. The predicted molar refractivity (Wildman–Crippen MR) is 91.1 cm³/mol. The first kappa shape index (κ1) is 15.9. The highest BCUT2D eigenvalue weighted by Gasteiger charge is 2.08. The number of carbonyl (C=O) groups excluding carboxylic acids is 1. The Hall–Kier alpha value is -2.99. The second-order valence-corrected chi connectivity index (χ2v) is 5.32. The van der Waals surface area contributed by atoms with Crippen LogP contribution in [0.15, 0.2) is 60.9 Å². The molecule has 1 aromatic heterocycles. The number of nitrogens with zero attached hydrogens (tertiary/aromatic N) is 2. The van der Waals surface area contributed by atoms with Gasteiger partial charge in [-0.2, -0.15) is 0 Å². The molecule has 0 fully saturated rings. The van der Waals surface area contributed by atoms with Gasteiger partial charge >= 0.3 is 0 Å². The Morgan fingerprint density at radius 3 is 2.21 bits per heavy atom. The van der Waals surface area contributed by atoms with Crippen LogP contribution in [0.25, 0.3) is 0 Å². The third-order valence-electron chi connectivity index (χ3n) is 3.10. The third-order valence-corrected chi connectivity index (χ3v) is 3.36. The van der Waals surface area contributed by atoms with Gasteiger partial charge in [0.1, 0.15) is 17.3 Å². The van der Waals surface area contributed by atoms with E-state index in [2.05, 4.69) is 20.6 Å². The van der Waals surface area contributed by atoms with Crippen LogP contribution in [0.3, 0.4) is 0 Å². The van der Waals surface area contributed by atoms with Gasteiger partial charge in [-0.3, -0.25) is 4.79 Å². The molecular weight excluding hydrogens is 331 g/mol. The van der Waals surface area contributed by atoms with Gasteiger partial charge in [0.15, 0.2) is 0 Å². The summed E-state index contributed by atoms with van der Waals surface area (Å²) in [4.78, 5) is 20.3. The first-order chi connectivity index (χ1) is 11.6. The van der Waals surface area contributed by atoms with Crippen LogP contribution in [0.1, 0.15) is 10.5 Å². The molecule has 5 nitrogen and oxygen atoms in total. The summed E-state index contributed by atoms with van der Waals surface area (Å²) in [7, 11) is 0. The molecule has 0 aliphatic rings. The monoisotopic (exact) mass is 342 g/mol. The number of carbonyl (C=O) groups is 1. The van der Waals surface area contributed by atoms with Crippen molar-refractivity contribution in [3.63, 3.8) is 0 Å². The van der Waals surface area contributed by atoms with Crippen molar-refractivity contribution in [2.75, 3.05) is 10.6 Å². The number of rotatable bonds is 4. The molecule has 0 aliphatic heterocycles. The lowest BCUT2D eigenvalue weighted by Crippen LogP contribution is -2.14. The minimum Gasteiger partial charge on any atom is -0.339 e. The van der Waals surface area contributed by atoms with Crippen molar-refractivity contribution >= 4 is 34.7 Å². The number of hydrogen-bond acceptors (Lipinski definition) is 4. The zero-order valence-corrected chi connectivity index (χ0v) is 13.1. The molecule has 0 unspecified atom stereocenters. The second kappa shape index (κ2) is 7.06. The Kier molecular flexibility index (Phi) is 4.67. The summed E-state index contributed by atoms with van der Waals surface area (Å²) in [5.41, 5.74) is 1.43. The molecule has 2 aromatic carbocycles. The van der Waals surface area contributed by atoms with E-state index in [9.17, 15) is 9.18 Å². The molecule has 0 aliphatic carbocycles. The fraction of sp³-hybridized carbons (Fsp3) is 0. The minimum atomic E-state index is -0.424. The van der Waals surface area contributed by atoms with Gasteiger partial charge in [0, 0.05) is 16.4 Å². The summed E-state index contributed by atoms with van der Waals surface area (Å²) < 4.78 is 12.8. The van der Waals surface area contributed by atoms with Crippen molar-refractivity contribution in [1.29, 1.82) is 0 Å². The molecule has 0 atom stereocenters. The summed E-state index contributed by atoms with van der Waals surface area (Å²) in [6, 6.07) is 12.6. The molecule has 0 saturated heterocycles. The number of anilines is 3. The van der Waals surface area contributed by atoms with Gasteiger partial charge in [0.05, 0.1) is 12.4 Å². The van der Waals surface area contributed by atoms with Crippen LogP contribution in [0, 0.1) is 5.82 Å². The fourth-order valence-electron chi connectivity index (χ4n) is 1.92. The Labute approximate surface area is 142 Å². The average molecular weight is 343 g/mol. The fourth-order valence-corrected chi connectivity index (χ4v) is 2.05. The highest BCUT2D eigenvalue weighted by Crippen LogP contribution is 2.17. The van der Waals surface area contributed by atoms with E-state index in [1.807, 2.05) is 0 Å². The zero-order valence-electron chi connectivity index (χ0n) is 12.3. The molecule has 1 amide bonds. The normalized spacial score (nSPS) is 10.2. The maximum absolute atomic E-state index is 12.8. The van der Waals surface area contributed by atoms with Gasteiger partial charge in [-0.15, -0.1) is 0 Å². The van der Waals surface area contributed by atoms with Crippen LogP contribution >= 0.6 is 11.6 Å². The zero-order chi connectivity index (χ0) is 16.9. The average Bonchev–Trinajstić information content (AvgIpc) is 2.59. The van der Waals surface area contributed by atoms with Crippen LogP contribution in [-0.4, -0.2) is 15.9 Å². The van der Waals surface area contributed by atoms with Crippen LogP contribution < -0.4 is 10.6 Å². The lowest BCUT2D eigenvalue weighted by atomic mass is 10.3. The third kappa shape index (κ3) is 4.05. The molecular formula is C17H12ClFN4O. The Morgan fingerprint density at radius 2 is 1.58 bits per heavy atom. The molecule has 0 spiro atoms. The Bertz CT molecular complexity index is 836. The van der Waals surface area contributed by atoms with E-state index in [0.29, 0.717) is 16.5 Å². The largest absolute Gasteiger partial charge is 0.339 e. The smallest absolute Gasteiger partial charge is 0.275 e. The van der Waals surface area contributed by atoms with Crippen molar-refractivity contribution < 1.29 is 9.18 Å². The molecule has 0 bridgehead atoms. The molecule has 0 saturated carbocycles. The number of benzene rings is 2. The van der Waals surface area contributed by atoms with Crippen molar-refractivity contribution in [2.45, 2.75) is 0 Å². The maximum Gasteiger partial charge on any atom is 0.275 e. The summed E-state index contributed by atoms with van der Waals surface area (Å²) in [6.45, 7) is 0. The van der Waals surface area contributed by atoms with Gasteiger partial charge < -0.3 is 10.6 Å². The first-order valence-corrected chi connectivity index (χ1v) is 7.39. The number of nitrogens with one attached hydrogen (secondary N) is 2. The standard InChI is InChI=1S/C17H12ClFN4O/c18-11-1-5-13(6-2-11)22-16-10-20-15(9-21-16)17(24)23-14-7-3-12(19)4-8-14/h1-10H,(H,21,22)(H,23,24). The van der Waals surface area contributed by atoms with E-state index in [1.165, 1.54) is 36.7 Å². The highest BCUT2D eigenvalue weighted by atomic mass is 35.5. The van der Waals surface area contributed by atoms with Gasteiger partial charge in [0.25, 0.3) is 5.91 Å². The van der Waals surface area contributed by atoms with Crippen LogP contribution in [0.2, 0.25) is 5.02 Å². The summed E-state index contributed by atoms with van der Waals surface area (Å²) in [5.74, 6) is -0.298. The van der Waals surface area contributed by atoms with E-state index in [4.69, 9.17) is 11.6 Å². The van der Waals surface area contributed by atoms with Crippen molar-refractivity contribution in [3.05, 3.63) is 77.5 Å². The first-order valence-electron chi connectivity index (χ1n) is 7.02. The van der Waals surface area contributed by atoms with Gasteiger partial charge in [0.2, 0.25) is 0 Å². The van der Waals surface area contributed by atoms with E-state index in [0.717, 1.165) is 5.69 Å². The molecule has 7 heteroatoms. The Morgan fingerprint density at radius 1 is 0.917 bits per heavy atom. The van der Waals surface area contributed by atoms with Crippen LogP contribution in [0.5, 0.6) is 0 Å². The van der Waals surface area contributed by atoms with Gasteiger partial charge in [-0.1, -0.05) is 11.6 Å². The number of halogens is 2. The van der Waals surface area contributed by atoms with Crippen LogP contribution in [0.4, 0.5) is 21.6 Å². The summed E-state index contributed by atoms with van der Waals surface area (Å²) in [6.07, 6.45) is 2.81. The van der Waals surface area contributed by atoms with Gasteiger partial charge in [-0.05, 0) is 48.5 Å². The van der Waals surface area contributed by atoms with Crippen molar-refractivity contribution in [2.24, 2.45) is 0 Å². The van der Waals surface area contributed by atoms with E-state index in [-0.39, 0.29) is 11.5 Å². The highest BCUT2D eigenvalue weighted by molar-refractivity contribution is 6.30. The van der Waals surface area contributed by atoms with E-state index >= 15 is 0 Å². The minimum absolute atomic E-state index is 0.154. The SMILES string of the molecule is O=C(Nc1ccc(F)cc1)c1cnc(Nc2ccc(Cl)cc2)cn1. The quantitative estimate of drug-likeness (QED) is 0.743. The predicted octanol–water partition coefficient (Wildman–Crippen LogP) is 4.27. The Balaban J connectivity index is 1.66. The van der Waals surface area contributed by atoms with E-state index < -0.39 is 5.91 Å².